The number of pyridine rings is 1. The van der Waals surface area contributed by atoms with Crippen LogP contribution in [-0.4, -0.2) is 37.6 Å². The summed E-state index contributed by atoms with van der Waals surface area (Å²) >= 11 is 1.42. The zero-order valence-corrected chi connectivity index (χ0v) is 14.2. The normalized spacial score (nSPS) is 13.7. The molecule has 3 heterocycles. The van der Waals surface area contributed by atoms with Gasteiger partial charge in [-0.25, -0.2) is 0 Å². The van der Waals surface area contributed by atoms with Crippen molar-refractivity contribution >= 4 is 28.5 Å². The molecule has 0 spiro atoms. The van der Waals surface area contributed by atoms with E-state index < -0.39 is 11.2 Å². The molecule has 0 saturated carbocycles. The van der Waals surface area contributed by atoms with Crippen molar-refractivity contribution in [1.29, 1.82) is 0 Å². The first kappa shape index (κ1) is 16.0. The SMILES string of the molecule is CC(O)NCCn1nc2c3c(cccc31)Sc1nc([N+](=O)[O-])ccc1-2. The van der Waals surface area contributed by atoms with Crippen molar-refractivity contribution in [3.05, 3.63) is 40.4 Å². The Balaban J connectivity index is 1.81. The van der Waals surface area contributed by atoms with E-state index >= 15 is 0 Å². The maximum atomic E-state index is 11.0. The number of fused-ring (bicyclic) bond motifs is 2. The summed E-state index contributed by atoms with van der Waals surface area (Å²) in [6, 6.07) is 9.04. The summed E-state index contributed by atoms with van der Waals surface area (Å²) < 4.78 is 1.89. The molecule has 1 aromatic carbocycles. The van der Waals surface area contributed by atoms with Gasteiger partial charge in [-0.3, -0.25) is 10.00 Å². The molecule has 0 bridgehead atoms. The molecule has 9 heteroatoms. The van der Waals surface area contributed by atoms with Gasteiger partial charge in [0.15, 0.2) is 0 Å². The third kappa shape index (κ3) is 2.76. The minimum Gasteiger partial charge on any atom is -0.379 e. The van der Waals surface area contributed by atoms with Crippen LogP contribution in [0.4, 0.5) is 5.82 Å². The second-order valence-electron chi connectivity index (χ2n) is 5.73. The van der Waals surface area contributed by atoms with Crippen molar-refractivity contribution in [2.75, 3.05) is 6.54 Å². The van der Waals surface area contributed by atoms with Crippen molar-refractivity contribution < 1.29 is 10.0 Å². The third-order valence-electron chi connectivity index (χ3n) is 4.00. The number of aromatic nitrogens is 3. The highest BCUT2D eigenvalue weighted by atomic mass is 32.2. The van der Waals surface area contributed by atoms with Crippen LogP contribution in [0.3, 0.4) is 0 Å². The Hall–Kier alpha value is -2.49. The fraction of sp³-hybridized carbons (Fsp3) is 0.250. The van der Waals surface area contributed by atoms with E-state index in [2.05, 4.69) is 10.3 Å². The Bertz CT molecular complexity index is 985. The van der Waals surface area contributed by atoms with Crippen LogP contribution in [0, 0.1) is 10.1 Å². The topological polar surface area (TPSA) is 106 Å². The van der Waals surface area contributed by atoms with Crippen LogP contribution < -0.4 is 5.32 Å². The standard InChI is InChI=1S/C16H15N5O3S/c1-9(22)17-7-8-20-11-3-2-4-12-14(11)15(19-20)10-5-6-13(21(23)24)18-16(10)25-12/h2-6,9,17,22H,7-8H2,1H3. The molecule has 0 radical (unpaired) electrons. The Morgan fingerprint density at radius 1 is 1.40 bits per heavy atom. The molecule has 4 rings (SSSR count). The Morgan fingerprint density at radius 3 is 3.00 bits per heavy atom. The van der Waals surface area contributed by atoms with E-state index in [0.29, 0.717) is 18.1 Å². The average Bonchev–Trinajstić information content (AvgIpc) is 2.95. The molecule has 0 amide bonds. The molecule has 0 saturated heterocycles. The van der Waals surface area contributed by atoms with E-state index in [4.69, 9.17) is 5.10 Å². The zero-order chi connectivity index (χ0) is 17.6. The molecule has 25 heavy (non-hydrogen) atoms. The maximum absolute atomic E-state index is 11.0. The van der Waals surface area contributed by atoms with E-state index in [9.17, 15) is 15.2 Å². The molecule has 128 valence electrons. The highest BCUT2D eigenvalue weighted by Crippen LogP contribution is 2.46. The molecule has 8 nitrogen and oxygen atoms in total. The molecule has 1 aliphatic rings. The lowest BCUT2D eigenvalue weighted by Crippen LogP contribution is -2.29. The molecule has 1 atom stereocenters. The van der Waals surface area contributed by atoms with Gasteiger partial charge in [-0.05, 0) is 46.8 Å². The molecular formula is C16H15N5O3S. The summed E-state index contributed by atoms with van der Waals surface area (Å²) in [5.74, 6) is -0.164. The van der Waals surface area contributed by atoms with Crippen LogP contribution >= 0.6 is 11.8 Å². The van der Waals surface area contributed by atoms with Crippen molar-refractivity contribution in [3.8, 4) is 11.3 Å². The van der Waals surface area contributed by atoms with Gasteiger partial charge in [0.1, 0.15) is 11.9 Å². The van der Waals surface area contributed by atoms with Crippen molar-refractivity contribution in [2.45, 2.75) is 29.6 Å². The van der Waals surface area contributed by atoms with E-state index in [1.165, 1.54) is 17.8 Å². The van der Waals surface area contributed by atoms with Crippen LogP contribution in [0.25, 0.3) is 22.2 Å². The predicted octanol–water partition coefficient (Wildman–Crippen LogP) is 2.40. The number of nitrogens with one attached hydrogen (secondary N) is 1. The summed E-state index contributed by atoms with van der Waals surface area (Å²) in [5.41, 5.74) is 2.59. The number of rotatable bonds is 5. The van der Waals surface area contributed by atoms with Gasteiger partial charge in [-0.15, -0.1) is 0 Å². The molecule has 0 fully saturated rings. The minimum absolute atomic E-state index is 0.164. The maximum Gasteiger partial charge on any atom is 0.364 e. The van der Waals surface area contributed by atoms with Gasteiger partial charge < -0.3 is 15.2 Å². The summed E-state index contributed by atoms with van der Waals surface area (Å²) in [6.45, 7) is 2.85. The lowest BCUT2D eigenvalue weighted by molar-refractivity contribution is -0.389. The number of aliphatic hydroxyl groups excluding tert-OH is 1. The van der Waals surface area contributed by atoms with E-state index in [0.717, 1.165) is 27.1 Å². The molecule has 2 aromatic heterocycles. The van der Waals surface area contributed by atoms with E-state index in [1.54, 1.807) is 13.0 Å². The fourth-order valence-corrected chi connectivity index (χ4v) is 3.99. The second-order valence-corrected chi connectivity index (χ2v) is 6.76. The number of benzene rings is 1. The average molecular weight is 357 g/mol. The van der Waals surface area contributed by atoms with Gasteiger partial charge in [0.25, 0.3) is 0 Å². The van der Waals surface area contributed by atoms with Crippen LogP contribution in [0.2, 0.25) is 0 Å². The van der Waals surface area contributed by atoms with Gasteiger partial charge in [0.05, 0.1) is 17.6 Å². The Kier molecular flexibility index (Phi) is 3.91. The Labute approximate surface area is 147 Å². The lowest BCUT2D eigenvalue weighted by Gasteiger charge is -2.10. The summed E-state index contributed by atoms with van der Waals surface area (Å²) in [7, 11) is 0. The number of aliphatic hydroxyl groups is 1. The number of hydrogen-bond donors (Lipinski definition) is 2. The predicted molar refractivity (Wildman–Crippen MR) is 93.4 cm³/mol. The fourth-order valence-electron chi connectivity index (χ4n) is 2.92. The number of nitrogens with zero attached hydrogens (tertiary/aromatic N) is 4. The first-order valence-electron chi connectivity index (χ1n) is 7.79. The molecule has 1 unspecified atom stereocenters. The highest BCUT2D eigenvalue weighted by Gasteiger charge is 2.28. The van der Waals surface area contributed by atoms with Crippen LogP contribution in [0.1, 0.15) is 6.92 Å². The summed E-state index contributed by atoms with van der Waals surface area (Å²) in [5, 5.41) is 29.6. The highest BCUT2D eigenvalue weighted by molar-refractivity contribution is 7.99. The van der Waals surface area contributed by atoms with Gasteiger partial charge in [-0.1, -0.05) is 6.07 Å². The van der Waals surface area contributed by atoms with E-state index in [1.807, 2.05) is 22.9 Å². The number of hydrogen-bond acceptors (Lipinski definition) is 7. The first-order chi connectivity index (χ1) is 12.0. The second kappa shape index (κ2) is 6.10. The van der Waals surface area contributed by atoms with Crippen LogP contribution in [0.15, 0.2) is 40.3 Å². The van der Waals surface area contributed by atoms with Crippen molar-refractivity contribution in [3.63, 3.8) is 0 Å². The van der Waals surface area contributed by atoms with Gasteiger partial charge in [0, 0.05) is 22.9 Å². The van der Waals surface area contributed by atoms with Crippen LogP contribution in [0.5, 0.6) is 0 Å². The summed E-state index contributed by atoms with van der Waals surface area (Å²) in [6.07, 6.45) is -0.575. The molecular weight excluding hydrogens is 342 g/mol. The zero-order valence-electron chi connectivity index (χ0n) is 13.3. The monoisotopic (exact) mass is 357 g/mol. The van der Waals surface area contributed by atoms with E-state index in [-0.39, 0.29) is 5.82 Å². The molecule has 2 N–H and O–H groups in total. The molecule has 3 aromatic rings. The van der Waals surface area contributed by atoms with Crippen molar-refractivity contribution in [1.82, 2.24) is 20.1 Å². The quantitative estimate of drug-likeness (QED) is 0.321. The largest absolute Gasteiger partial charge is 0.379 e. The van der Waals surface area contributed by atoms with Crippen molar-refractivity contribution in [2.24, 2.45) is 0 Å². The van der Waals surface area contributed by atoms with Gasteiger partial charge in [-0.2, -0.15) is 5.10 Å². The molecule has 1 aliphatic heterocycles. The minimum atomic E-state index is -0.575. The number of nitro groups is 1. The lowest BCUT2D eigenvalue weighted by atomic mass is 10.1. The molecule has 0 aliphatic carbocycles. The third-order valence-corrected chi connectivity index (χ3v) is 5.06. The summed E-state index contributed by atoms with van der Waals surface area (Å²) in [4.78, 5) is 15.6. The smallest absolute Gasteiger partial charge is 0.364 e. The van der Waals surface area contributed by atoms with Crippen LogP contribution in [-0.2, 0) is 6.54 Å². The first-order valence-corrected chi connectivity index (χ1v) is 8.61. The van der Waals surface area contributed by atoms with Gasteiger partial charge >= 0.3 is 5.82 Å². The Morgan fingerprint density at radius 2 is 2.24 bits per heavy atom. The van der Waals surface area contributed by atoms with Gasteiger partial charge in [0.2, 0.25) is 5.03 Å².